The van der Waals surface area contributed by atoms with Crippen molar-refractivity contribution in [2.24, 2.45) is 0 Å². The summed E-state index contributed by atoms with van der Waals surface area (Å²) in [6, 6.07) is 16.9. The number of hydrogen-bond acceptors (Lipinski definition) is 5. The second-order valence-corrected chi connectivity index (χ2v) is 7.52. The summed E-state index contributed by atoms with van der Waals surface area (Å²) in [5.41, 5.74) is 1.19. The third-order valence-corrected chi connectivity index (χ3v) is 5.46. The molecule has 3 aromatic rings. The molecular weight excluding hydrogens is 382 g/mol. The molecule has 6 nitrogen and oxygen atoms in total. The number of furan rings is 1. The average molecular weight is 407 g/mol. The minimum absolute atomic E-state index is 0.0756. The molecule has 1 fully saturated rings. The molecule has 0 spiro atoms. The van der Waals surface area contributed by atoms with Crippen LogP contribution in [-0.4, -0.2) is 36.0 Å². The predicted molar refractivity (Wildman–Crippen MR) is 112 cm³/mol. The number of amides is 1. The molecule has 1 saturated heterocycles. The molecule has 0 aliphatic carbocycles. The van der Waals surface area contributed by atoms with Crippen molar-refractivity contribution in [3.8, 4) is 5.75 Å². The van der Waals surface area contributed by atoms with Gasteiger partial charge in [0.25, 0.3) is 5.91 Å². The zero-order chi connectivity index (χ0) is 20.9. The highest BCUT2D eigenvalue weighted by Crippen LogP contribution is 2.28. The van der Waals surface area contributed by atoms with Crippen LogP contribution in [0, 0.1) is 0 Å². The van der Waals surface area contributed by atoms with Crippen LogP contribution in [0.25, 0.3) is 11.0 Å². The van der Waals surface area contributed by atoms with Gasteiger partial charge in [0, 0.05) is 18.0 Å². The molecule has 0 N–H and O–H groups in total. The van der Waals surface area contributed by atoms with Crippen molar-refractivity contribution < 1.29 is 23.5 Å². The lowest BCUT2D eigenvalue weighted by Crippen LogP contribution is -2.44. The van der Waals surface area contributed by atoms with E-state index in [-0.39, 0.29) is 30.9 Å². The van der Waals surface area contributed by atoms with Crippen LogP contribution in [0.2, 0.25) is 0 Å². The molecule has 1 aromatic heterocycles. The highest BCUT2D eigenvalue weighted by atomic mass is 16.5. The molecule has 1 amide bonds. The highest BCUT2D eigenvalue weighted by molar-refractivity contribution is 5.96. The number of piperidine rings is 1. The Morgan fingerprint density at radius 1 is 1.07 bits per heavy atom. The number of ether oxygens (including phenoxy) is 2. The second-order valence-electron chi connectivity index (χ2n) is 7.52. The maximum Gasteiger partial charge on any atom is 0.375 e. The number of rotatable bonds is 6. The first-order chi connectivity index (χ1) is 14.6. The Hall–Kier alpha value is -3.28. The van der Waals surface area contributed by atoms with Crippen LogP contribution in [0.1, 0.15) is 42.3 Å². The molecule has 1 aliphatic heterocycles. The van der Waals surface area contributed by atoms with E-state index in [2.05, 4.69) is 0 Å². The van der Waals surface area contributed by atoms with Gasteiger partial charge in [-0.25, -0.2) is 4.79 Å². The maximum atomic E-state index is 12.8. The van der Waals surface area contributed by atoms with Crippen molar-refractivity contribution in [1.29, 1.82) is 0 Å². The van der Waals surface area contributed by atoms with Crippen LogP contribution in [0.4, 0.5) is 0 Å². The van der Waals surface area contributed by atoms with Gasteiger partial charge < -0.3 is 18.8 Å². The molecule has 1 aliphatic rings. The third-order valence-electron chi connectivity index (χ3n) is 5.46. The average Bonchev–Trinajstić information content (AvgIpc) is 3.15. The Bertz CT molecular complexity index is 1030. The van der Waals surface area contributed by atoms with E-state index < -0.39 is 5.97 Å². The van der Waals surface area contributed by atoms with Crippen LogP contribution in [0.3, 0.4) is 0 Å². The van der Waals surface area contributed by atoms with Gasteiger partial charge in [-0.1, -0.05) is 36.4 Å². The first kappa shape index (κ1) is 20.0. The number of fused-ring (bicyclic) bond motifs is 1. The van der Waals surface area contributed by atoms with E-state index >= 15 is 0 Å². The first-order valence-corrected chi connectivity index (χ1v) is 10.3. The molecule has 1 atom stereocenters. The predicted octanol–water partition coefficient (Wildman–Crippen LogP) is 4.57. The lowest BCUT2D eigenvalue weighted by molar-refractivity contribution is -0.137. The van der Waals surface area contributed by atoms with Crippen molar-refractivity contribution in [2.45, 2.75) is 38.8 Å². The molecule has 0 saturated carbocycles. The lowest BCUT2D eigenvalue weighted by Gasteiger charge is -2.33. The van der Waals surface area contributed by atoms with Gasteiger partial charge in [-0.15, -0.1) is 0 Å². The van der Waals surface area contributed by atoms with E-state index in [0.717, 1.165) is 24.6 Å². The van der Waals surface area contributed by atoms with Crippen LogP contribution in [-0.2, 0) is 16.1 Å². The summed E-state index contributed by atoms with van der Waals surface area (Å²) in [5.74, 6) is -0.0624. The second kappa shape index (κ2) is 9.03. The summed E-state index contributed by atoms with van der Waals surface area (Å²) >= 11 is 0. The summed E-state index contributed by atoms with van der Waals surface area (Å²) in [5, 5.41) is 0.788. The molecule has 4 rings (SSSR count). The standard InChI is InChI=1S/C24H25NO5/c1-17-9-7-8-14-25(17)22(26)16-29-24(27)23-20(15-28-18-10-3-2-4-11-18)19-12-5-6-13-21(19)30-23/h2-6,10-13,17H,7-9,14-16H2,1H3. The number of carbonyl (C=O) groups excluding carboxylic acids is 2. The van der Waals surface area contributed by atoms with Gasteiger partial charge in [-0.3, -0.25) is 4.79 Å². The fourth-order valence-corrected chi connectivity index (χ4v) is 3.82. The summed E-state index contributed by atoms with van der Waals surface area (Å²) < 4.78 is 16.9. The van der Waals surface area contributed by atoms with E-state index in [4.69, 9.17) is 13.9 Å². The molecule has 0 radical (unpaired) electrons. The fraction of sp³-hybridized carbons (Fsp3) is 0.333. The van der Waals surface area contributed by atoms with Crippen LogP contribution in [0.15, 0.2) is 59.0 Å². The number of esters is 1. The largest absolute Gasteiger partial charge is 0.489 e. The Kier molecular flexibility index (Phi) is 6.02. The van der Waals surface area contributed by atoms with Gasteiger partial charge >= 0.3 is 5.97 Å². The maximum absolute atomic E-state index is 12.8. The molecule has 1 unspecified atom stereocenters. The Balaban J connectivity index is 1.49. The van der Waals surface area contributed by atoms with Gasteiger partial charge in [0.05, 0.1) is 5.56 Å². The number of carbonyl (C=O) groups is 2. The highest BCUT2D eigenvalue weighted by Gasteiger charge is 2.26. The van der Waals surface area contributed by atoms with E-state index in [1.807, 2.05) is 55.5 Å². The van der Waals surface area contributed by atoms with Crippen molar-refractivity contribution in [2.75, 3.05) is 13.2 Å². The zero-order valence-corrected chi connectivity index (χ0v) is 17.0. The van der Waals surface area contributed by atoms with Crippen LogP contribution in [0.5, 0.6) is 5.75 Å². The van der Waals surface area contributed by atoms with Crippen molar-refractivity contribution in [1.82, 2.24) is 4.90 Å². The molecular formula is C24H25NO5. The summed E-state index contributed by atoms with van der Waals surface area (Å²) in [7, 11) is 0. The third kappa shape index (κ3) is 4.32. The van der Waals surface area contributed by atoms with Gasteiger partial charge in [-0.2, -0.15) is 0 Å². The van der Waals surface area contributed by atoms with Crippen molar-refractivity contribution >= 4 is 22.8 Å². The van der Waals surface area contributed by atoms with Crippen LogP contribution >= 0.6 is 0 Å². The monoisotopic (exact) mass is 407 g/mol. The van der Waals surface area contributed by atoms with Gasteiger partial charge in [0.2, 0.25) is 5.76 Å². The normalized spacial score (nSPS) is 16.4. The molecule has 6 heteroatoms. The van der Waals surface area contributed by atoms with Crippen molar-refractivity contribution in [3.63, 3.8) is 0 Å². The molecule has 30 heavy (non-hydrogen) atoms. The number of nitrogens with zero attached hydrogens (tertiary/aromatic N) is 1. The van der Waals surface area contributed by atoms with Gasteiger partial charge in [0.1, 0.15) is 17.9 Å². The SMILES string of the molecule is CC1CCCCN1C(=O)COC(=O)c1oc2ccccc2c1COc1ccccc1. The fourth-order valence-electron chi connectivity index (χ4n) is 3.82. The topological polar surface area (TPSA) is 69.0 Å². The van der Waals surface area contributed by atoms with Crippen LogP contribution < -0.4 is 4.74 Å². The number of benzene rings is 2. The summed E-state index contributed by atoms with van der Waals surface area (Å²) in [6.45, 7) is 2.59. The number of likely N-dealkylation sites (tertiary alicyclic amines) is 1. The molecule has 2 heterocycles. The Labute approximate surface area is 175 Å². The van der Waals surface area contributed by atoms with Gasteiger partial charge in [0.15, 0.2) is 6.61 Å². The minimum Gasteiger partial charge on any atom is -0.489 e. The van der Waals surface area contributed by atoms with E-state index in [1.54, 1.807) is 11.0 Å². The number of hydrogen-bond donors (Lipinski definition) is 0. The summed E-state index contributed by atoms with van der Waals surface area (Å²) in [4.78, 5) is 27.1. The van der Waals surface area contributed by atoms with E-state index in [0.29, 0.717) is 23.4 Å². The molecule has 2 aromatic carbocycles. The minimum atomic E-state index is -0.657. The van der Waals surface area contributed by atoms with E-state index in [9.17, 15) is 9.59 Å². The van der Waals surface area contributed by atoms with Gasteiger partial charge in [-0.05, 0) is 44.4 Å². The Morgan fingerprint density at radius 3 is 2.63 bits per heavy atom. The molecule has 0 bridgehead atoms. The lowest BCUT2D eigenvalue weighted by atomic mass is 10.0. The quantitative estimate of drug-likeness (QED) is 0.560. The molecule has 156 valence electrons. The number of para-hydroxylation sites is 2. The first-order valence-electron chi connectivity index (χ1n) is 10.3. The van der Waals surface area contributed by atoms with Crippen molar-refractivity contribution in [3.05, 3.63) is 65.9 Å². The zero-order valence-electron chi connectivity index (χ0n) is 17.0. The Morgan fingerprint density at radius 2 is 1.83 bits per heavy atom. The summed E-state index contributed by atoms with van der Waals surface area (Å²) in [6.07, 6.45) is 3.08. The van der Waals surface area contributed by atoms with E-state index in [1.165, 1.54) is 0 Å². The smallest absolute Gasteiger partial charge is 0.375 e.